The minimum absolute atomic E-state index is 0.0447. The first-order valence-corrected chi connectivity index (χ1v) is 11.3. The average Bonchev–Trinajstić information content (AvgIpc) is 3.09. The molecule has 1 heterocycles. The Labute approximate surface area is 180 Å². The van der Waals surface area contributed by atoms with Crippen LogP contribution in [0.25, 0.3) is 0 Å². The van der Waals surface area contributed by atoms with Crippen molar-refractivity contribution in [2.45, 2.75) is 58.4 Å². The van der Waals surface area contributed by atoms with E-state index in [4.69, 9.17) is 5.11 Å². The van der Waals surface area contributed by atoms with Gasteiger partial charge in [-0.15, -0.1) is 11.3 Å². The standard InChI is InChI=1S/C23H28N2O4S/c1-2-15-11-12-17-18(13-15)30-23(25-19(26)9-6-10-20(27)28)21(17)22(29)24-14-16-7-4-3-5-8-16/h3-5,7-8,15H,2,6,9-14H2,1H3,(H,24,29)(H,25,26)(H,27,28). The van der Waals surface area contributed by atoms with Gasteiger partial charge in [0.2, 0.25) is 5.91 Å². The van der Waals surface area contributed by atoms with Crippen LogP contribution in [0.4, 0.5) is 5.00 Å². The molecule has 1 aromatic heterocycles. The highest BCUT2D eigenvalue weighted by atomic mass is 32.1. The normalized spacial score (nSPS) is 15.3. The molecule has 0 aliphatic heterocycles. The predicted octanol–water partition coefficient (Wildman–Crippen LogP) is 4.39. The maximum atomic E-state index is 13.1. The highest BCUT2D eigenvalue weighted by molar-refractivity contribution is 7.17. The van der Waals surface area contributed by atoms with Gasteiger partial charge in [0.25, 0.3) is 5.91 Å². The molecule has 1 aromatic carbocycles. The zero-order chi connectivity index (χ0) is 21.5. The van der Waals surface area contributed by atoms with Gasteiger partial charge in [-0.2, -0.15) is 0 Å². The van der Waals surface area contributed by atoms with Gasteiger partial charge < -0.3 is 15.7 Å². The summed E-state index contributed by atoms with van der Waals surface area (Å²) in [5, 5.41) is 15.2. The number of carboxylic acid groups (broad SMARTS) is 1. The van der Waals surface area contributed by atoms with Crippen LogP contribution in [0.3, 0.4) is 0 Å². The Kier molecular flexibility index (Phi) is 7.63. The van der Waals surface area contributed by atoms with E-state index in [2.05, 4.69) is 17.6 Å². The van der Waals surface area contributed by atoms with Crippen LogP contribution in [0.5, 0.6) is 0 Å². The minimum Gasteiger partial charge on any atom is -0.481 e. The third-order valence-corrected chi connectivity index (χ3v) is 6.68. The number of nitrogens with one attached hydrogen (secondary N) is 2. The van der Waals surface area contributed by atoms with Crippen LogP contribution in [-0.2, 0) is 29.0 Å². The fourth-order valence-corrected chi connectivity index (χ4v) is 5.16. The van der Waals surface area contributed by atoms with Crippen LogP contribution in [0.2, 0.25) is 0 Å². The molecule has 0 saturated heterocycles. The summed E-state index contributed by atoms with van der Waals surface area (Å²) in [6.45, 7) is 2.61. The molecule has 3 N–H and O–H groups in total. The summed E-state index contributed by atoms with van der Waals surface area (Å²) in [6.07, 6.45) is 4.28. The molecule has 30 heavy (non-hydrogen) atoms. The highest BCUT2D eigenvalue weighted by Crippen LogP contribution is 2.40. The summed E-state index contributed by atoms with van der Waals surface area (Å²) in [5.41, 5.74) is 2.64. The van der Waals surface area contributed by atoms with Gasteiger partial charge in [0.05, 0.1) is 5.56 Å². The Morgan fingerprint density at radius 3 is 2.63 bits per heavy atom. The number of fused-ring (bicyclic) bond motifs is 1. The summed E-state index contributed by atoms with van der Waals surface area (Å²) >= 11 is 1.49. The van der Waals surface area contributed by atoms with E-state index < -0.39 is 5.97 Å². The van der Waals surface area contributed by atoms with Crippen molar-refractivity contribution in [3.8, 4) is 0 Å². The Hall–Kier alpha value is -2.67. The largest absolute Gasteiger partial charge is 0.481 e. The van der Waals surface area contributed by atoms with Crippen molar-refractivity contribution in [1.29, 1.82) is 0 Å². The SMILES string of the molecule is CCC1CCc2c(sc(NC(=O)CCCC(=O)O)c2C(=O)NCc2ccccc2)C1. The molecule has 7 heteroatoms. The lowest BCUT2D eigenvalue weighted by molar-refractivity contribution is -0.137. The van der Waals surface area contributed by atoms with E-state index in [-0.39, 0.29) is 31.1 Å². The molecule has 3 rings (SSSR count). The van der Waals surface area contributed by atoms with Gasteiger partial charge in [-0.25, -0.2) is 0 Å². The van der Waals surface area contributed by atoms with E-state index in [0.29, 0.717) is 23.0 Å². The first-order valence-electron chi connectivity index (χ1n) is 10.5. The van der Waals surface area contributed by atoms with Crippen LogP contribution in [0, 0.1) is 5.92 Å². The molecule has 0 saturated carbocycles. The monoisotopic (exact) mass is 428 g/mol. The third-order valence-electron chi connectivity index (χ3n) is 5.52. The van der Waals surface area contributed by atoms with Crippen molar-refractivity contribution in [2.75, 3.05) is 5.32 Å². The van der Waals surface area contributed by atoms with Crippen LogP contribution >= 0.6 is 11.3 Å². The summed E-state index contributed by atoms with van der Waals surface area (Å²) < 4.78 is 0. The van der Waals surface area contributed by atoms with Crippen molar-refractivity contribution in [3.05, 3.63) is 51.9 Å². The van der Waals surface area contributed by atoms with Gasteiger partial charge in [-0.05, 0) is 42.7 Å². The van der Waals surface area contributed by atoms with Crippen LogP contribution in [0.1, 0.15) is 65.4 Å². The number of carbonyl (C=O) groups is 3. The number of anilines is 1. The topological polar surface area (TPSA) is 95.5 Å². The van der Waals surface area contributed by atoms with E-state index >= 15 is 0 Å². The van der Waals surface area contributed by atoms with Crippen molar-refractivity contribution in [2.24, 2.45) is 5.92 Å². The maximum Gasteiger partial charge on any atom is 0.303 e. The number of hydrogen-bond donors (Lipinski definition) is 3. The van der Waals surface area contributed by atoms with Crippen molar-refractivity contribution in [3.63, 3.8) is 0 Å². The van der Waals surface area contributed by atoms with Gasteiger partial charge in [-0.3, -0.25) is 14.4 Å². The lowest BCUT2D eigenvalue weighted by Gasteiger charge is -2.21. The van der Waals surface area contributed by atoms with Crippen LogP contribution in [0.15, 0.2) is 30.3 Å². The Morgan fingerprint density at radius 2 is 1.93 bits per heavy atom. The highest BCUT2D eigenvalue weighted by Gasteiger charge is 2.29. The number of rotatable bonds is 9. The molecule has 0 spiro atoms. The van der Waals surface area contributed by atoms with Crippen molar-refractivity contribution >= 4 is 34.1 Å². The van der Waals surface area contributed by atoms with E-state index in [9.17, 15) is 14.4 Å². The first-order chi connectivity index (χ1) is 14.5. The molecule has 0 fully saturated rings. The summed E-state index contributed by atoms with van der Waals surface area (Å²) in [7, 11) is 0. The quantitative estimate of drug-likeness (QED) is 0.552. The van der Waals surface area contributed by atoms with E-state index in [1.54, 1.807) is 0 Å². The average molecular weight is 429 g/mol. The van der Waals surface area contributed by atoms with Gasteiger partial charge in [-0.1, -0.05) is 43.7 Å². The third kappa shape index (κ3) is 5.69. The molecule has 1 unspecified atom stereocenters. The van der Waals surface area contributed by atoms with E-state index in [0.717, 1.165) is 36.8 Å². The lowest BCUT2D eigenvalue weighted by atomic mass is 9.85. The lowest BCUT2D eigenvalue weighted by Crippen LogP contribution is -2.26. The smallest absolute Gasteiger partial charge is 0.303 e. The second-order valence-electron chi connectivity index (χ2n) is 7.69. The van der Waals surface area contributed by atoms with Gasteiger partial charge >= 0.3 is 5.97 Å². The van der Waals surface area contributed by atoms with Crippen LogP contribution < -0.4 is 10.6 Å². The molecule has 160 valence electrons. The molecule has 0 bridgehead atoms. The Morgan fingerprint density at radius 1 is 1.17 bits per heavy atom. The molecular weight excluding hydrogens is 400 g/mol. The van der Waals surface area contributed by atoms with Gasteiger partial charge in [0, 0.05) is 24.3 Å². The van der Waals surface area contributed by atoms with E-state index in [1.807, 2.05) is 30.3 Å². The molecular formula is C23H28N2O4S. The molecule has 6 nitrogen and oxygen atoms in total. The molecule has 1 aliphatic carbocycles. The predicted molar refractivity (Wildman–Crippen MR) is 118 cm³/mol. The van der Waals surface area contributed by atoms with E-state index in [1.165, 1.54) is 16.2 Å². The van der Waals surface area contributed by atoms with Gasteiger partial charge in [0.15, 0.2) is 0 Å². The van der Waals surface area contributed by atoms with Crippen molar-refractivity contribution in [1.82, 2.24) is 5.32 Å². The first kappa shape index (κ1) is 22.0. The molecule has 0 radical (unpaired) electrons. The number of amides is 2. The minimum atomic E-state index is -0.916. The molecule has 2 amide bonds. The molecule has 1 atom stereocenters. The number of benzene rings is 1. The number of aliphatic carboxylic acids is 1. The summed E-state index contributed by atoms with van der Waals surface area (Å²) in [5.74, 6) is -0.734. The van der Waals surface area contributed by atoms with Crippen LogP contribution in [-0.4, -0.2) is 22.9 Å². The number of thiophene rings is 1. The molecule has 1 aliphatic rings. The maximum absolute atomic E-state index is 13.1. The number of carbonyl (C=O) groups excluding carboxylic acids is 2. The Bertz CT molecular complexity index is 907. The van der Waals surface area contributed by atoms with Crippen molar-refractivity contribution < 1.29 is 19.5 Å². The summed E-state index contributed by atoms with van der Waals surface area (Å²) in [6, 6.07) is 9.71. The second kappa shape index (κ2) is 10.4. The second-order valence-corrected chi connectivity index (χ2v) is 8.79. The summed E-state index contributed by atoms with van der Waals surface area (Å²) in [4.78, 5) is 37.3. The zero-order valence-corrected chi connectivity index (χ0v) is 18.0. The Balaban J connectivity index is 1.77. The number of hydrogen-bond acceptors (Lipinski definition) is 4. The number of carboxylic acids is 1. The van der Waals surface area contributed by atoms with Gasteiger partial charge in [0.1, 0.15) is 5.00 Å². The zero-order valence-electron chi connectivity index (χ0n) is 17.2. The fourth-order valence-electron chi connectivity index (χ4n) is 3.79. The fraction of sp³-hybridized carbons (Fsp3) is 0.435. The molecule has 2 aromatic rings.